The summed E-state index contributed by atoms with van der Waals surface area (Å²) in [5, 5.41) is 11.0. The third-order valence-electron chi connectivity index (χ3n) is 2.27. The van der Waals surface area contributed by atoms with Gasteiger partial charge in [-0.3, -0.25) is 14.4 Å². The van der Waals surface area contributed by atoms with Crippen LogP contribution >= 0.6 is 0 Å². The summed E-state index contributed by atoms with van der Waals surface area (Å²) in [7, 11) is 0. The molecule has 0 saturated carbocycles. The van der Waals surface area contributed by atoms with Crippen molar-refractivity contribution in [1.82, 2.24) is 5.32 Å². The third-order valence-corrected chi connectivity index (χ3v) is 2.27. The highest BCUT2D eigenvalue weighted by molar-refractivity contribution is 5.98. The number of ketones is 1. The molecule has 1 aromatic carbocycles. The van der Waals surface area contributed by atoms with Crippen LogP contribution in [-0.2, 0) is 4.79 Å². The summed E-state index contributed by atoms with van der Waals surface area (Å²) in [6.45, 7) is 2.81. The van der Waals surface area contributed by atoms with E-state index in [4.69, 9.17) is 5.11 Å². The fourth-order valence-corrected chi connectivity index (χ4v) is 1.20. The number of amides is 1. The highest BCUT2D eigenvalue weighted by atomic mass is 16.4. The molecule has 0 aliphatic heterocycles. The Bertz CT molecular complexity index is 450. The van der Waals surface area contributed by atoms with E-state index in [-0.39, 0.29) is 5.78 Å². The molecule has 0 bridgehead atoms. The molecule has 0 heterocycles. The molecule has 5 nitrogen and oxygen atoms in total. The first kappa shape index (κ1) is 12.9. The van der Waals surface area contributed by atoms with E-state index in [1.165, 1.54) is 38.1 Å². The molecule has 1 rings (SSSR count). The number of hydrogen-bond donors (Lipinski definition) is 2. The molecule has 0 spiro atoms. The quantitative estimate of drug-likeness (QED) is 0.765. The number of carboxylic acids is 1. The molecule has 5 heteroatoms. The van der Waals surface area contributed by atoms with Gasteiger partial charge in [-0.05, 0) is 26.0 Å². The van der Waals surface area contributed by atoms with Crippen LogP contribution in [0.1, 0.15) is 34.6 Å². The number of carboxylic acid groups (broad SMARTS) is 1. The second-order valence-corrected chi connectivity index (χ2v) is 3.67. The van der Waals surface area contributed by atoms with E-state index in [0.717, 1.165) is 0 Å². The molecule has 2 N–H and O–H groups in total. The second kappa shape index (κ2) is 5.25. The van der Waals surface area contributed by atoms with Crippen LogP contribution in [0.5, 0.6) is 0 Å². The van der Waals surface area contributed by atoms with Crippen molar-refractivity contribution in [1.29, 1.82) is 0 Å². The van der Waals surface area contributed by atoms with E-state index >= 15 is 0 Å². The number of rotatable bonds is 4. The lowest BCUT2D eigenvalue weighted by atomic mass is 10.1. The predicted octanol–water partition coefficient (Wildman–Crippen LogP) is 1.09. The topological polar surface area (TPSA) is 83.5 Å². The van der Waals surface area contributed by atoms with E-state index in [2.05, 4.69) is 5.32 Å². The van der Waals surface area contributed by atoms with Gasteiger partial charge in [0.1, 0.15) is 6.04 Å². The molecule has 0 aliphatic rings. The van der Waals surface area contributed by atoms with Gasteiger partial charge in [0.25, 0.3) is 5.91 Å². The van der Waals surface area contributed by atoms with Gasteiger partial charge in [-0.1, -0.05) is 12.1 Å². The zero-order valence-electron chi connectivity index (χ0n) is 9.56. The second-order valence-electron chi connectivity index (χ2n) is 3.67. The van der Waals surface area contributed by atoms with Crippen molar-refractivity contribution in [2.24, 2.45) is 0 Å². The van der Waals surface area contributed by atoms with Gasteiger partial charge in [0.2, 0.25) is 0 Å². The first-order valence-electron chi connectivity index (χ1n) is 5.06. The van der Waals surface area contributed by atoms with Crippen molar-refractivity contribution in [2.45, 2.75) is 19.9 Å². The van der Waals surface area contributed by atoms with Crippen molar-refractivity contribution < 1.29 is 19.5 Å². The lowest BCUT2D eigenvalue weighted by Gasteiger charge is -2.09. The molecule has 0 saturated heterocycles. The van der Waals surface area contributed by atoms with Crippen molar-refractivity contribution in [3.8, 4) is 0 Å². The molecule has 1 atom stereocenters. The smallest absolute Gasteiger partial charge is 0.325 e. The van der Waals surface area contributed by atoms with Gasteiger partial charge in [-0.25, -0.2) is 0 Å². The van der Waals surface area contributed by atoms with E-state index in [0.29, 0.717) is 11.1 Å². The van der Waals surface area contributed by atoms with Crippen LogP contribution in [0.25, 0.3) is 0 Å². The maximum Gasteiger partial charge on any atom is 0.325 e. The molecule has 1 aromatic rings. The number of hydrogen-bond acceptors (Lipinski definition) is 3. The molecule has 1 amide bonds. The van der Waals surface area contributed by atoms with Gasteiger partial charge in [0.15, 0.2) is 5.78 Å². The van der Waals surface area contributed by atoms with Crippen molar-refractivity contribution in [3.63, 3.8) is 0 Å². The van der Waals surface area contributed by atoms with Crippen LogP contribution in [0, 0.1) is 0 Å². The fraction of sp³-hybridized carbons (Fsp3) is 0.250. The SMILES string of the molecule is CC(=O)c1ccc(C(=O)NC(C)C(=O)O)cc1. The zero-order valence-corrected chi connectivity index (χ0v) is 9.56. The van der Waals surface area contributed by atoms with Crippen LogP contribution in [0.2, 0.25) is 0 Å². The number of nitrogens with one attached hydrogen (secondary N) is 1. The summed E-state index contributed by atoms with van der Waals surface area (Å²) in [5.74, 6) is -1.66. The summed E-state index contributed by atoms with van der Waals surface area (Å²) < 4.78 is 0. The number of benzene rings is 1. The normalized spacial score (nSPS) is 11.6. The van der Waals surface area contributed by atoms with E-state index in [9.17, 15) is 14.4 Å². The Kier molecular flexibility index (Phi) is 3.98. The molecule has 0 aromatic heterocycles. The first-order chi connectivity index (χ1) is 7.91. The summed E-state index contributed by atoms with van der Waals surface area (Å²) in [6, 6.07) is 5.09. The Morgan fingerprint density at radius 3 is 2.00 bits per heavy atom. The van der Waals surface area contributed by atoms with Crippen LogP contribution < -0.4 is 5.32 Å². The molecular formula is C12H13NO4. The van der Waals surface area contributed by atoms with Crippen molar-refractivity contribution >= 4 is 17.7 Å². The fourth-order valence-electron chi connectivity index (χ4n) is 1.20. The molecule has 0 radical (unpaired) electrons. The summed E-state index contributed by atoms with van der Waals surface area (Å²) in [6.07, 6.45) is 0. The number of aliphatic carboxylic acids is 1. The third kappa shape index (κ3) is 3.41. The molecule has 0 fully saturated rings. The van der Waals surface area contributed by atoms with Gasteiger partial charge in [-0.15, -0.1) is 0 Å². The lowest BCUT2D eigenvalue weighted by Crippen LogP contribution is -2.38. The molecule has 0 aliphatic carbocycles. The van der Waals surface area contributed by atoms with Crippen molar-refractivity contribution in [2.75, 3.05) is 0 Å². The molecule has 1 unspecified atom stereocenters. The van der Waals surface area contributed by atoms with E-state index in [1.54, 1.807) is 0 Å². The van der Waals surface area contributed by atoms with Crippen LogP contribution in [0.4, 0.5) is 0 Å². The minimum absolute atomic E-state index is 0.0872. The molecule has 17 heavy (non-hydrogen) atoms. The Hall–Kier alpha value is -2.17. The maximum atomic E-state index is 11.6. The van der Waals surface area contributed by atoms with Crippen LogP contribution in [-0.4, -0.2) is 28.8 Å². The number of carbonyl (C=O) groups excluding carboxylic acids is 2. The lowest BCUT2D eigenvalue weighted by molar-refractivity contribution is -0.138. The highest BCUT2D eigenvalue weighted by Gasteiger charge is 2.15. The Balaban J connectivity index is 2.77. The minimum Gasteiger partial charge on any atom is -0.480 e. The Morgan fingerprint density at radius 1 is 1.12 bits per heavy atom. The van der Waals surface area contributed by atoms with Crippen LogP contribution in [0.3, 0.4) is 0 Å². The van der Waals surface area contributed by atoms with E-state index < -0.39 is 17.9 Å². The Labute approximate surface area is 98.4 Å². The monoisotopic (exact) mass is 235 g/mol. The minimum atomic E-state index is -1.10. The molecule has 90 valence electrons. The largest absolute Gasteiger partial charge is 0.480 e. The summed E-state index contributed by atoms with van der Waals surface area (Å²) in [4.78, 5) is 33.1. The standard InChI is InChI=1S/C12H13NO4/c1-7(12(16)17)13-11(15)10-5-3-9(4-6-10)8(2)14/h3-7H,1-2H3,(H,13,15)(H,16,17). The van der Waals surface area contributed by atoms with Crippen LogP contribution in [0.15, 0.2) is 24.3 Å². The predicted molar refractivity (Wildman–Crippen MR) is 61.0 cm³/mol. The zero-order chi connectivity index (χ0) is 13.0. The van der Waals surface area contributed by atoms with E-state index in [1.807, 2.05) is 0 Å². The van der Waals surface area contributed by atoms with Gasteiger partial charge < -0.3 is 10.4 Å². The average molecular weight is 235 g/mol. The summed E-state index contributed by atoms with van der Waals surface area (Å²) >= 11 is 0. The van der Waals surface area contributed by atoms with Gasteiger partial charge in [0.05, 0.1) is 0 Å². The van der Waals surface area contributed by atoms with Gasteiger partial charge >= 0.3 is 5.97 Å². The number of carbonyl (C=O) groups is 3. The first-order valence-corrected chi connectivity index (χ1v) is 5.06. The average Bonchev–Trinajstić information content (AvgIpc) is 2.28. The maximum absolute atomic E-state index is 11.6. The van der Waals surface area contributed by atoms with Gasteiger partial charge in [-0.2, -0.15) is 0 Å². The Morgan fingerprint density at radius 2 is 1.59 bits per heavy atom. The molecular weight excluding hydrogens is 222 g/mol. The van der Waals surface area contributed by atoms with Crippen molar-refractivity contribution in [3.05, 3.63) is 35.4 Å². The highest BCUT2D eigenvalue weighted by Crippen LogP contribution is 2.05. The summed E-state index contributed by atoms with van der Waals surface area (Å²) in [5.41, 5.74) is 0.830. The number of Topliss-reactive ketones (excluding diaryl/α,β-unsaturated/α-hetero) is 1. The van der Waals surface area contributed by atoms with Gasteiger partial charge in [0, 0.05) is 11.1 Å².